The van der Waals surface area contributed by atoms with Crippen molar-refractivity contribution in [3.8, 4) is 0 Å². The van der Waals surface area contributed by atoms with Crippen LogP contribution in [0.25, 0.3) is 0 Å². The molecule has 2 aromatic rings. The van der Waals surface area contributed by atoms with E-state index < -0.39 is 10.1 Å². The van der Waals surface area contributed by atoms with E-state index in [4.69, 9.17) is 4.55 Å². The maximum Gasteiger partial charge on any atom is 0.294 e. The van der Waals surface area contributed by atoms with Gasteiger partial charge in [0.15, 0.2) is 0 Å². The van der Waals surface area contributed by atoms with Crippen LogP contribution < -0.4 is 10.6 Å². The molecule has 0 spiro atoms. The molecule has 0 bridgehead atoms. The molecule has 0 fully saturated rings. The van der Waals surface area contributed by atoms with E-state index in [1.165, 1.54) is 12.1 Å². The summed E-state index contributed by atoms with van der Waals surface area (Å²) in [5.41, 5.74) is 2.25. The van der Waals surface area contributed by atoms with E-state index in [2.05, 4.69) is 10.6 Å². The topological polar surface area (TPSA) is 78.4 Å². The molecule has 2 rings (SSSR count). The van der Waals surface area contributed by atoms with Gasteiger partial charge >= 0.3 is 0 Å². The lowest BCUT2D eigenvalue weighted by Gasteiger charge is -2.14. The summed E-state index contributed by atoms with van der Waals surface area (Å²) in [5, 5.41) is 6.27. The van der Waals surface area contributed by atoms with Gasteiger partial charge in [0, 0.05) is 12.2 Å². The second-order valence-electron chi connectivity index (χ2n) is 4.20. The first kappa shape index (κ1) is 14.4. The highest BCUT2D eigenvalue weighted by Gasteiger charge is 2.12. The van der Waals surface area contributed by atoms with E-state index in [0.29, 0.717) is 12.2 Å². The minimum Gasteiger partial charge on any atom is -0.384 e. The van der Waals surface area contributed by atoms with Gasteiger partial charge in [-0.25, -0.2) is 0 Å². The van der Waals surface area contributed by atoms with Crippen LogP contribution in [0, 0.1) is 0 Å². The predicted molar refractivity (Wildman–Crippen MR) is 80.1 cm³/mol. The van der Waals surface area contributed by atoms with E-state index >= 15 is 0 Å². The Morgan fingerprint density at radius 3 is 2.35 bits per heavy atom. The van der Waals surface area contributed by atoms with Gasteiger partial charge in [-0.05, 0) is 37.3 Å². The largest absolute Gasteiger partial charge is 0.384 e. The van der Waals surface area contributed by atoms with Crippen LogP contribution in [0.1, 0.15) is 6.92 Å². The summed E-state index contributed by atoms with van der Waals surface area (Å²) in [4.78, 5) is -0.132. The van der Waals surface area contributed by atoms with Crippen LogP contribution in [0.2, 0.25) is 0 Å². The van der Waals surface area contributed by atoms with Crippen molar-refractivity contribution in [3.63, 3.8) is 0 Å². The molecule has 106 valence electrons. The van der Waals surface area contributed by atoms with Gasteiger partial charge in [0.25, 0.3) is 10.1 Å². The van der Waals surface area contributed by atoms with Gasteiger partial charge in [0.05, 0.1) is 16.3 Å². The molecule has 0 amide bonds. The quantitative estimate of drug-likeness (QED) is 0.738. The summed E-state index contributed by atoms with van der Waals surface area (Å²) >= 11 is 0. The molecule has 6 heteroatoms. The third kappa shape index (κ3) is 3.49. The molecule has 0 radical (unpaired) electrons. The van der Waals surface area contributed by atoms with Crippen LogP contribution >= 0.6 is 0 Å². The summed E-state index contributed by atoms with van der Waals surface area (Å²) in [5.74, 6) is 0. The second-order valence-corrected chi connectivity index (χ2v) is 5.63. The minimum atomic E-state index is -4.20. The highest BCUT2D eigenvalue weighted by atomic mass is 32.2. The van der Waals surface area contributed by atoms with Crippen LogP contribution in [0.3, 0.4) is 0 Å². The SMILES string of the molecule is CCNc1cc(S(=O)(=O)O)ccc1Nc1ccccc1. The lowest BCUT2D eigenvalue weighted by Crippen LogP contribution is -2.04. The first-order chi connectivity index (χ1) is 9.50. The summed E-state index contributed by atoms with van der Waals surface area (Å²) in [6, 6.07) is 13.9. The average Bonchev–Trinajstić information content (AvgIpc) is 2.41. The van der Waals surface area contributed by atoms with E-state index in [1.807, 2.05) is 37.3 Å². The lowest BCUT2D eigenvalue weighted by molar-refractivity contribution is 0.483. The van der Waals surface area contributed by atoms with Gasteiger partial charge < -0.3 is 10.6 Å². The Balaban J connectivity index is 2.38. The Bertz CT molecular complexity index is 685. The van der Waals surface area contributed by atoms with Gasteiger partial charge in [-0.1, -0.05) is 18.2 Å². The van der Waals surface area contributed by atoms with Crippen molar-refractivity contribution in [1.82, 2.24) is 0 Å². The zero-order chi connectivity index (χ0) is 14.6. The maximum atomic E-state index is 11.2. The number of anilines is 3. The zero-order valence-corrected chi connectivity index (χ0v) is 11.8. The van der Waals surface area contributed by atoms with Crippen molar-refractivity contribution in [3.05, 3.63) is 48.5 Å². The lowest BCUT2D eigenvalue weighted by atomic mass is 10.2. The van der Waals surface area contributed by atoms with Crippen LogP contribution in [-0.2, 0) is 10.1 Å². The molecule has 0 heterocycles. The molecule has 0 aliphatic rings. The van der Waals surface area contributed by atoms with Crippen molar-refractivity contribution >= 4 is 27.2 Å². The standard InChI is InChI=1S/C14H16N2O3S/c1-2-15-14-10-12(20(17,18)19)8-9-13(14)16-11-6-4-3-5-7-11/h3-10,15-16H,2H2,1H3,(H,17,18,19). The highest BCUT2D eigenvalue weighted by molar-refractivity contribution is 7.85. The normalized spacial score (nSPS) is 11.1. The summed E-state index contributed by atoms with van der Waals surface area (Å²) in [7, 11) is -4.20. The van der Waals surface area contributed by atoms with E-state index in [9.17, 15) is 8.42 Å². The average molecular weight is 292 g/mol. The maximum absolute atomic E-state index is 11.2. The highest BCUT2D eigenvalue weighted by Crippen LogP contribution is 2.28. The van der Waals surface area contributed by atoms with Crippen molar-refractivity contribution in [2.24, 2.45) is 0 Å². The molecular weight excluding hydrogens is 276 g/mol. The fourth-order valence-corrected chi connectivity index (χ4v) is 2.31. The Morgan fingerprint density at radius 1 is 1.05 bits per heavy atom. The zero-order valence-electron chi connectivity index (χ0n) is 11.0. The van der Waals surface area contributed by atoms with E-state index in [0.717, 1.165) is 11.4 Å². The molecule has 5 nitrogen and oxygen atoms in total. The first-order valence-corrected chi connectivity index (χ1v) is 7.62. The number of nitrogens with one attached hydrogen (secondary N) is 2. The third-order valence-electron chi connectivity index (χ3n) is 2.71. The number of hydrogen-bond acceptors (Lipinski definition) is 4. The molecule has 0 atom stereocenters. The number of para-hydroxylation sites is 1. The molecule has 0 saturated carbocycles. The van der Waals surface area contributed by atoms with Crippen LogP contribution in [-0.4, -0.2) is 19.5 Å². The molecule has 20 heavy (non-hydrogen) atoms. The van der Waals surface area contributed by atoms with Crippen molar-refractivity contribution in [2.45, 2.75) is 11.8 Å². The Kier molecular flexibility index (Phi) is 4.26. The van der Waals surface area contributed by atoms with Crippen LogP contribution in [0.15, 0.2) is 53.4 Å². The third-order valence-corrected chi connectivity index (χ3v) is 3.56. The monoisotopic (exact) mass is 292 g/mol. The Morgan fingerprint density at radius 2 is 1.75 bits per heavy atom. The summed E-state index contributed by atoms with van der Waals surface area (Å²) in [6.45, 7) is 2.55. The number of rotatable bonds is 5. The Labute approximate surface area is 118 Å². The second kappa shape index (κ2) is 5.94. The predicted octanol–water partition coefficient (Wildman–Crippen LogP) is 3.11. The van der Waals surface area contributed by atoms with Crippen molar-refractivity contribution in [1.29, 1.82) is 0 Å². The number of hydrogen-bond donors (Lipinski definition) is 3. The smallest absolute Gasteiger partial charge is 0.294 e. The molecular formula is C14H16N2O3S. The van der Waals surface area contributed by atoms with Crippen molar-refractivity contribution in [2.75, 3.05) is 17.2 Å². The first-order valence-electron chi connectivity index (χ1n) is 6.18. The van der Waals surface area contributed by atoms with Crippen LogP contribution in [0.5, 0.6) is 0 Å². The molecule has 3 N–H and O–H groups in total. The summed E-state index contributed by atoms with van der Waals surface area (Å²) < 4.78 is 31.4. The van der Waals surface area contributed by atoms with Gasteiger partial charge in [-0.15, -0.1) is 0 Å². The molecule has 0 aliphatic carbocycles. The minimum absolute atomic E-state index is 0.132. The number of benzene rings is 2. The molecule has 0 unspecified atom stereocenters. The van der Waals surface area contributed by atoms with Crippen LogP contribution in [0.4, 0.5) is 17.1 Å². The Hall–Kier alpha value is -2.05. The molecule has 2 aromatic carbocycles. The van der Waals surface area contributed by atoms with Gasteiger partial charge in [0.1, 0.15) is 0 Å². The van der Waals surface area contributed by atoms with Crippen molar-refractivity contribution < 1.29 is 13.0 Å². The fraction of sp³-hybridized carbons (Fsp3) is 0.143. The summed E-state index contributed by atoms with van der Waals surface area (Å²) in [6.07, 6.45) is 0. The van der Waals surface area contributed by atoms with Gasteiger partial charge in [-0.3, -0.25) is 4.55 Å². The van der Waals surface area contributed by atoms with E-state index in [1.54, 1.807) is 6.07 Å². The van der Waals surface area contributed by atoms with Gasteiger partial charge in [0.2, 0.25) is 0 Å². The van der Waals surface area contributed by atoms with Gasteiger partial charge in [-0.2, -0.15) is 8.42 Å². The van der Waals surface area contributed by atoms with E-state index in [-0.39, 0.29) is 4.90 Å². The molecule has 0 aliphatic heterocycles. The molecule has 0 saturated heterocycles. The molecule has 0 aromatic heterocycles. The fourth-order valence-electron chi connectivity index (χ4n) is 1.81.